The molecule has 33 heavy (non-hydrogen) atoms. The number of likely N-dealkylation sites (tertiary alicyclic amines) is 1. The quantitative estimate of drug-likeness (QED) is 0.0608. The molecule has 0 aromatic heterocycles. The van der Waals surface area contributed by atoms with E-state index in [1.807, 2.05) is 6.26 Å². The van der Waals surface area contributed by atoms with Gasteiger partial charge in [-0.3, -0.25) is 19.4 Å². The summed E-state index contributed by atoms with van der Waals surface area (Å²) in [5.41, 5.74) is 16.6. The number of thiol groups is 1. The molecule has 0 aromatic carbocycles. The van der Waals surface area contributed by atoms with Crippen LogP contribution < -0.4 is 27.8 Å². The van der Waals surface area contributed by atoms with Crippen LogP contribution in [0.1, 0.15) is 32.1 Å². The number of nitrogens with one attached hydrogen (secondary N) is 2. The molecule has 1 aliphatic heterocycles. The third kappa shape index (κ3) is 9.68. The number of carbonyl (C=O) groups excluding carboxylic acids is 3. The Morgan fingerprint density at radius 2 is 1.91 bits per heavy atom. The highest BCUT2D eigenvalue weighted by molar-refractivity contribution is 7.98. The van der Waals surface area contributed by atoms with E-state index in [1.54, 1.807) is 11.8 Å². The lowest BCUT2D eigenvalue weighted by molar-refractivity contribution is -0.142. The summed E-state index contributed by atoms with van der Waals surface area (Å²) < 4.78 is 0. The second kappa shape index (κ2) is 14.9. The summed E-state index contributed by atoms with van der Waals surface area (Å²) in [6.45, 7) is 0.640. The minimum atomic E-state index is -1.24. The van der Waals surface area contributed by atoms with Gasteiger partial charge in [0.05, 0.1) is 6.04 Å². The van der Waals surface area contributed by atoms with Crippen LogP contribution in [0.25, 0.3) is 0 Å². The highest BCUT2D eigenvalue weighted by Gasteiger charge is 2.37. The molecule has 4 unspecified atom stereocenters. The van der Waals surface area contributed by atoms with Crippen molar-refractivity contribution < 1.29 is 24.3 Å². The van der Waals surface area contributed by atoms with Gasteiger partial charge in [-0.1, -0.05) is 0 Å². The minimum Gasteiger partial charge on any atom is -0.480 e. The van der Waals surface area contributed by atoms with Gasteiger partial charge in [0.15, 0.2) is 5.96 Å². The molecule has 4 atom stereocenters. The number of carbonyl (C=O) groups is 4. The molecule has 9 N–H and O–H groups in total. The highest BCUT2D eigenvalue weighted by atomic mass is 32.2. The molecule has 14 heteroatoms. The number of nitrogens with zero attached hydrogens (tertiary/aromatic N) is 2. The molecule has 0 aliphatic carbocycles. The number of aliphatic carboxylic acids is 1. The zero-order valence-corrected chi connectivity index (χ0v) is 20.4. The van der Waals surface area contributed by atoms with E-state index < -0.39 is 42.0 Å². The SMILES string of the molecule is CSCCC(N)C(=O)N1CCCC1C(=O)NC(CCCN=C(N)N)C(=O)NC(CS)C(=O)O. The lowest BCUT2D eigenvalue weighted by atomic mass is 10.1. The summed E-state index contributed by atoms with van der Waals surface area (Å²) in [5.74, 6) is -2.17. The number of guanidine groups is 1. The van der Waals surface area contributed by atoms with Crippen LogP contribution in [-0.4, -0.2) is 94.7 Å². The Bertz CT molecular complexity index is 721. The number of rotatable bonds is 14. The average molecular weight is 506 g/mol. The van der Waals surface area contributed by atoms with Crippen molar-refractivity contribution in [3.05, 3.63) is 0 Å². The molecule has 0 spiro atoms. The molecule has 1 saturated heterocycles. The summed E-state index contributed by atoms with van der Waals surface area (Å²) in [7, 11) is 0. The fourth-order valence-corrected chi connectivity index (χ4v) is 4.12. The molecular formula is C19H35N7O5S2. The molecule has 3 amide bonds. The first-order chi connectivity index (χ1) is 15.6. The molecule has 1 heterocycles. The summed E-state index contributed by atoms with van der Waals surface area (Å²) in [6.07, 6.45) is 4.04. The summed E-state index contributed by atoms with van der Waals surface area (Å²) in [5, 5.41) is 14.2. The first kappa shape index (κ1) is 28.8. The second-order valence-electron chi connectivity index (χ2n) is 7.67. The fraction of sp³-hybridized carbons (Fsp3) is 0.737. The minimum absolute atomic E-state index is 0.0982. The lowest BCUT2D eigenvalue weighted by Crippen LogP contribution is -2.56. The molecule has 1 fully saturated rings. The van der Waals surface area contributed by atoms with Gasteiger partial charge in [0.2, 0.25) is 17.7 Å². The van der Waals surface area contributed by atoms with Gasteiger partial charge in [-0.25, -0.2) is 4.79 Å². The first-order valence-corrected chi connectivity index (χ1v) is 12.7. The van der Waals surface area contributed by atoms with Gasteiger partial charge in [0.1, 0.15) is 18.1 Å². The van der Waals surface area contributed by atoms with E-state index in [-0.39, 0.29) is 30.6 Å². The molecule has 188 valence electrons. The van der Waals surface area contributed by atoms with E-state index in [0.717, 1.165) is 5.75 Å². The van der Waals surface area contributed by atoms with Crippen molar-refractivity contribution in [2.45, 2.75) is 56.3 Å². The third-order valence-corrected chi connectivity index (χ3v) is 6.17. The maximum absolute atomic E-state index is 13.0. The van der Waals surface area contributed by atoms with Crippen LogP contribution in [-0.2, 0) is 19.2 Å². The predicted octanol–water partition coefficient (Wildman–Crippen LogP) is -1.90. The van der Waals surface area contributed by atoms with E-state index in [4.69, 9.17) is 17.2 Å². The zero-order valence-electron chi connectivity index (χ0n) is 18.7. The number of hydrogen-bond acceptors (Lipinski definition) is 8. The Morgan fingerprint density at radius 3 is 2.48 bits per heavy atom. The maximum Gasteiger partial charge on any atom is 0.327 e. The summed E-state index contributed by atoms with van der Waals surface area (Å²) in [4.78, 5) is 55.0. The molecule has 0 saturated carbocycles. The number of thioether (sulfide) groups is 1. The zero-order chi connectivity index (χ0) is 25.0. The highest BCUT2D eigenvalue weighted by Crippen LogP contribution is 2.19. The maximum atomic E-state index is 13.0. The van der Waals surface area contributed by atoms with Gasteiger partial charge >= 0.3 is 5.97 Å². The molecular weight excluding hydrogens is 470 g/mol. The van der Waals surface area contributed by atoms with Crippen LogP contribution in [0.4, 0.5) is 0 Å². The van der Waals surface area contributed by atoms with Crippen molar-refractivity contribution in [1.82, 2.24) is 15.5 Å². The van der Waals surface area contributed by atoms with Gasteiger partial charge in [-0.05, 0) is 44.1 Å². The van der Waals surface area contributed by atoms with E-state index in [2.05, 4.69) is 28.3 Å². The van der Waals surface area contributed by atoms with Crippen molar-refractivity contribution >= 4 is 54.0 Å². The van der Waals surface area contributed by atoms with E-state index in [0.29, 0.717) is 32.2 Å². The monoisotopic (exact) mass is 505 g/mol. The molecule has 12 nitrogen and oxygen atoms in total. The molecule has 0 radical (unpaired) electrons. The van der Waals surface area contributed by atoms with E-state index >= 15 is 0 Å². The first-order valence-electron chi connectivity index (χ1n) is 10.7. The van der Waals surface area contributed by atoms with Gasteiger partial charge in [-0.15, -0.1) is 0 Å². The Kier molecular flexibility index (Phi) is 13.0. The smallest absolute Gasteiger partial charge is 0.327 e. The van der Waals surface area contributed by atoms with Crippen molar-refractivity contribution in [2.24, 2.45) is 22.2 Å². The van der Waals surface area contributed by atoms with Crippen molar-refractivity contribution in [3.8, 4) is 0 Å². The largest absolute Gasteiger partial charge is 0.480 e. The normalized spacial score (nSPS) is 18.2. The summed E-state index contributed by atoms with van der Waals surface area (Å²) in [6, 6.07) is -3.68. The van der Waals surface area contributed by atoms with Crippen molar-refractivity contribution in [3.63, 3.8) is 0 Å². The second-order valence-corrected chi connectivity index (χ2v) is 9.02. The molecule has 0 bridgehead atoms. The van der Waals surface area contributed by atoms with Gasteiger partial charge in [-0.2, -0.15) is 24.4 Å². The Balaban J connectivity index is 2.89. The Hall–Kier alpha value is -2.19. The predicted molar refractivity (Wildman–Crippen MR) is 131 cm³/mol. The van der Waals surface area contributed by atoms with Crippen LogP contribution in [0, 0.1) is 0 Å². The number of carboxylic acids is 1. The Morgan fingerprint density at radius 1 is 1.21 bits per heavy atom. The van der Waals surface area contributed by atoms with Crippen LogP contribution in [0.15, 0.2) is 4.99 Å². The van der Waals surface area contributed by atoms with Crippen molar-refractivity contribution in [2.75, 3.05) is 30.9 Å². The van der Waals surface area contributed by atoms with Crippen molar-refractivity contribution in [1.29, 1.82) is 0 Å². The number of amides is 3. The van der Waals surface area contributed by atoms with Crippen LogP contribution >= 0.6 is 24.4 Å². The van der Waals surface area contributed by atoms with Gasteiger partial charge in [0, 0.05) is 18.8 Å². The van der Waals surface area contributed by atoms with Crippen LogP contribution in [0.3, 0.4) is 0 Å². The molecule has 0 aromatic rings. The fourth-order valence-electron chi connectivity index (χ4n) is 3.38. The van der Waals surface area contributed by atoms with E-state index in [1.165, 1.54) is 4.90 Å². The number of nitrogens with two attached hydrogens (primary N) is 3. The number of hydrogen-bond donors (Lipinski definition) is 7. The standard InChI is InChI=1S/C19H35N7O5S2/c1-33-9-6-11(20)17(29)26-8-3-5-14(26)16(28)24-12(4-2-7-23-19(21)22)15(27)25-13(10-32)18(30)31/h11-14,32H,2-10,20H2,1H3,(H,24,28)(H,25,27)(H,30,31)(H4,21,22,23). The number of carboxylic acid groups (broad SMARTS) is 1. The summed E-state index contributed by atoms with van der Waals surface area (Å²) >= 11 is 5.52. The molecule has 1 rings (SSSR count). The van der Waals surface area contributed by atoms with Crippen LogP contribution in [0.2, 0.25) is 0 Å². The average Bonchev–Trinajstić information content (AvgIpc) is 3.26. The van der Waals surface area contributed by atoms with E-state index in [9.17, 15) is 24.3 Å². The lowest BCUT2D eigenvalue weighted by Gasteiger charge is -2.28. The number of aliphatic imine (C=N–C) groups is 1. The third-order valence-electron chi connectivity index (χ3n) is 5.16. The van der Waals surface area contributed by atoms with Gasteiger partial charge < -0.3 is 37.8 Å². The molecule has 1 aliphatic rings. The van der Waals surface area contributed by atoms with Crippen LogP contribution in [0.5, 0.6) is 0 Å². The topological polar surface area (TPSA) is 206 Å². The van der Waals surface area contributed by atoms with Gasteiger partial charge in [0.25, 0.3) is 0 Å². The Labute approximate surface area is 203 Å².